The van der Waals surface area contributed by atoms with Crippen LogP contribution in [0.4, 0.5) is 5.69 Å². The van der Waals surface area contributed by atoms with Crippen LogP contribution >= 0.6 is 0 Å². The number of nitrogens with one attached hydrogen (secondary N) is 2. The first kappa shape index (κ1) is 13.1. The van der Waals surface area contributed by atoms with Gasteiger partial charge in [-0.3, -0.25) is 4.79 Å². The van der Waals surface area contributed by atoms with E-state index in [4.69, 9.17) is 0 Å². The maximum atomic E-state index is 11.8. The number of benzene rings is 1. The fourth-order valence-corrected chi connectivity index (χ4v) is 2.02. The molecule has 0 atom stereocenters. The standard InChI is InChI=1S/C15H22N2O/c1-11(2)13-5-3-4-6-14(13)17-15(18)10-16-9-12-7-8-12/h3-6,11-12,16H,7-10H2,1-2H3,(H,17,18). The molecule has 1 amide bonds. The smallest absolute Gasteiger partial charge is 0.238 e. The Morgan fingerprint density at radius 3 is 2.72 bits per heavy atom. The Hall–Kier alpha value is -1.35. The van der Waals surface area contributed by atoms with Gasteiger partial charge in [-0.25, -0.2) is 0 Å². The van der Waals surface area contributed by atoms with Gasteiger partial charge < -0.3 is 10.6 Å². The van der Waals surface area contributed by atoms with Gasteiger partial charge in [-0.05, 0) is 42.9 Å². The maximum absolute atomic E-state index is 11.8. The van der Waals surface area contributed by atoms with Crippen LogP contribution in [-0.4, -0.2) is 19.0 Å². The van der Waals surface area contributed by atoms with Crippen molar-refractivity contribution >= 4 is 11.6 Å². The second-order valence-electron chi connectivity index (χ2n) is 5.36. The monoisotopic (exact) mass is 246 g/mol. The van der Waals surface area contributed by atoms with Gasteiger partial charge in [0, 0.05) is 5.69 Å². The van der Waals surface area contributed by atoms with Crippen molar-refractivity contribution in [1.29, 1.82) is 0 Å². The summed E-state index contributed by atoms with van der Waals surface area (Å²) in [6, 6.07) is 8.00. The highest BCUT2D eigenvalue weighted by Gasteiger charge is 2.20. The van der Waals surface area contributed by atoms with Crippen LogP contribution in [0.25, 0.3) is 0 Å². The fourth-order valence-electron chi connectivity index (χ4n) is 2.02. The lowest BCUT2D eigenvalue weighted by atomic mass is 10.0. The molecule has 3 nitrogen and oxygen atoms in total. The van der Waals surface area contributed by atoms with Crippen molar-refractivity contribution in [3.05, 3.63) is 29.8 Å². The van der Waals surface area contributed by atoms with Gasteiger partial charge in [-0.2, -0.15) is 0 Å². The third-order valence-electron chi connectivity index (χ3n) is 3.27. The lowest BCUT2D eigenvalue weighted by Gasteiger charge is -2.13. The number of rotatable bonds is 6. The zero-order valence-corrected chi connectivity index (χ0v) is 11.2. The Balaban J connectivity index is 1.85. The molecule has 98 valence electrons. The molecule has 3 heteroatoms. The van der Waals surface area contributed by atoms with E-state index in [1.807, 2.05) is 18.2 Å². The van der Waals surface area contributed by atoms with Gasteiger partial charge in [0.25, 0.3) is 0 Å². The van der Waals surface area contributed by atoms with E-state index >= 15 is 0 Å². The number of para-hydroxylation sites is 1. The molecule has 1 aromatic carbocycles. The van der Waals surface area contributed by atoms with Gasteiger partial charge in [0.1, 0.15) is 0 Å². The van der Waals surface area contributed by atoms with Crippen molar-refractivity contribution in [1.82, 2.24) is 5.32 Å². The summed E-state index contributed by atoms with van der Waals surface area (Å²) < 4.78 is 0. The average Bonchev–Trinajstić information content (AvgIpc) is 3.13. The van der Waals surface area contributed by atoms with Gasteiger partial charge >= 0.3 is 0 Å². The summed E-state index contributed by atoms with van der Waals surface area (Å²) in [5, 5.41) is 6.19. The molecule has 1 aromatic rings. The van der Waals surface area contributed by atoms with Gasteiger partial charge in [0.15, 0.2) is 0 Å². The Kier molecular flexibility index (Phi) is 4.37. The van der Waals surface area contributed by atoms with Gasteiger partial charge in [-0.15, -0.1) is 0 Å². The molecule has 1 aliphatic carbocycles. The summed E-state index contributed by atoms with van der Waals surface area (Å²) in [7, 11) is 0. The van der Waals surface area contributed by atoms with Crippen LogP contribution in [-0.2, 0) is 4.79 Å². The highest BCUT2D eigenvalue weighted by atomic mass is 16.1. The molecule has 0 aliphatic heterocycles. The van der Waals surface area contributed by atoms with E-state index in [0.717, 1.165) is 18.2 Å². The van der Waals surface area contributed by atoms with Crippen LogP contribution in [0.15, 0.2) is 24.3 Å². The lowest BCUT2D eigenvalue weighted by Crippen LogP contribution is -2.29. The van der Waals surface area contributed by atoms with E-state index in [-0.39, 0.29) is 5.91 Å². The van der Waals surface area contributed by atoms with Crippen molar-refractivity contribution in [3.63, 3.8) is 0 Å². The van der Waals surface area contributed by atoms with E-state index in [9.17, 15) is 4.79 Å². The molecule has 2 rings (SSSR count). The summed E-state index contributed by atoms with van der Waals surface area (Å²) in [6.45, 7) is 5.65. The number of anilines is 1. The number of hydrogen-bond donors (Lipinski definition) is 2. The molecule has 1 saturated carbocycles. The van der Waals surface area contributed by atoms with Gasteiger partial charge in [-0.1, -0.05) is 32.0 Å². The summed E-state index contributed by atoms with van der Waals surface area (Å²) in [4.78, 5) is 11.8. The summed E-state index contributed by atoms with van der Waals surface area (Å²) in [5.41, 5.74) is 2.12. The first-order valence-electron chi connectivity index (χ1n) is 6.76. The molecule has 0 spiro atoms. The summed E-state index contributed by atoms with van der Waals surface area (Å²) in [5.74, 6) is 1.27. The Bertz CT molecular complexity index is 411. The van der Waals surface area contributed by atoms with Crippen LogP contribution in [0.5, 0.6) is 0 Å². The largest absolute Gasteiger partial charge is 0.325 e. The second kappa shape index (κ2) is 6.01. The molecular weight excluding hydrogens is 224 g/mol. The number of carbonyl (C=O) groups is 1. The summed E-state index contributed by atoms with van der Waals surface area (Å²) in [6.07, 6.45) is 2.62. The molecule has 0 aromatic heterocycles. The average molecular weight is 246 g/mol. The van der Waals surface area contributed by atoms with Crippen LogP contribution in [0, 0.1) is 5.92 Å². The Morgan fingerprint density at radius 1 is 1.33 bits per heavy atom. The van der Waals surface area contributed by atoms with E-state index in [0.29, 0.717) is 12.5 Å². The van der Waals surface area contributed by atoms with Crippen LogP contribution in [0.3, 0.4) is 0 Å². The zero-order valence-electron chi connectivity index (χ0n) is 11.2. The quantitative estimate of drug-likeness (QED) is 0.810. The van der Waals surface area contributed by atoms with Crippen molar-refractivity contribution < 1.29 is 4.79 Å². The molecule has 18 heavy (non-hydrogen) atoms. The molecule has 0 unspecified atom stereocenters. The third-order valence-corrected chi connectivity index (χ3v) is 3.27. The molecule has 0 heterocycles. The Morgan fingerprint density at radius 2 is 2.06 bits per heavy atom. The molecule has 2 N–H and O–H groups in total. The first-order valence-corrected chi connectivity index (χ1v) is 6.76. The first-order chi connectivity index (χ1) is 8.66. The second-order valence-corrected chi connectivity index (χ2v) is 5.36. The molecule has 1 fully saturated rings. The van der Waals surface area contributed by atoms with Gasteiger partial charge in [0.2, 0.25) is 5.91 Å². The molecular formula is C15H22N2O. The van der Waals surface area contributed by atoms with Crippen LogP contribution in [0.1, 0.15) is 38.2 Å². The minimum absolute atomic E-state index is 0.0451. The third kappa shape index (κ3) is 3.84. The van der Waals surface area contributed by atoms with Crippen molar-refractivity contribution in [3.8, 4) is 0 Å². The predicted octanol–water partition coefficient (Wildman–Crippen LogP) is 2.75. The van der Waals surface area contributed by atoms with Crippen LogP contribution < -0.4 is 10.6 Å². The highest BCUT2D eigenvalue weighted by Crippen LogP contribution is 2.27. The van der Waals surface area contributed by atoms with E-state index in [1.165, 1.54) is 18.4 Å². The Labute approximate surface area is 109 Å². The molecule has 0 bridgehead atoms. The summed E-state index contributed by atoms with van der Waals surface area (Å²) >= 11 is 0. The molecule has 0 radical (unpaired) electrons. The topological polar surface area (TPSA) is 41.1 Å². The van der Waals surface area contributed by atoms with E-state index in [2.05, 4.69) is 30.5 Å². The van der Waals surface area contributed by atoms with Crippen molar-refractivity contribution in [2.24, 2.45) is 5.92 Å². The SMILES string of the molecule is CC(C)c1ccccc1NC(=O)CNCC1CC1. The lowest BCUT2D eigenvalue weighted by molar-refractivity contribution is -0.115. The number of hydrogen-bond acceptors (Lipinski definition) is 2. The fraction of sp³-hybridized carbons (Fsp3) is 0.533. The minimum atomic E-state index is 0.0451. The van der Waals surface area contributed by atoms with Gasteiger partial charge in [0.05, 0.1) is 6.54 Å². The predicted molar refractivity (Wildman–Crippen MR) is 74.8 cm³/mol. The number of amides is 1. The maximum Gasteiger partial charge on any atom is 0.238 e. The van der Waals surface area contributed by atoms with E-state index in [1.54, 1.807) is 0 Å². The van der Waals surface area contributed by atoms with Crippen molar-refractivity contribution in [2.45, 2.75) is 32.6 Å². The van der Waals surface area contributed by atoms with Crippen LogP contribution in [0.2, 0.25) is 0 Å². The normalized spacial score (nSPS) is 14.8. The minimum Gasteiger partial charge on any atom is -0.325 e. The zero-order chi connectivity index (χ0) is 13.0. The highest BCUT2D eigenvalue weighted by molar-refractivity contribution is 5.93. The number of carbonyl (C=O) groups excluding carboxylic acids is 1. The van der Waals surface area contributed by atoms with Crippen molar-refractivity contribution in [2.75, 3.05) is 18.4 Å². The van der Waals surface area contributed by atoms with E-state index < -0.39 is 0 Å². The molecule has 1 aliphatic rings. The molecule has 0 saturated heterocycles.